The Balaban J connectivity index is 0.00000105. The minimum atomic E-state index is -1.19. The van der Waals surface area contributed by atoms with Crippen LogP contribution in [0.25, 0.3) is 90.9 Å². The zero-order valence-corrected chi connectivity index (χ0v) is 34.5. The fourth-order valence-corrected chi connectivity index (χ4v) is 7.30. The molecule has 0 fully saturated rings. The summed E-state index contributed by atoms with van der Waals surface area (Å²) in [6.07, 6.45) is 8.61. The van der Waals surface area contributed by atoms with Gasteiger partial charge in [-0.05, 0) is 98.5 Å². The number of H-pyrrole nitrogens is 2. The van der Waals surface area contributed by atoms with Gasteiger partial charge in [0.2, 0.25) is 0 Å². The molecule has 8 bridgehead atoms. The number of rotatable bonds is 4. The van der Waals surface area contributed by atoms with Gasteiger partial charge in [-0.25, -0.2) is 9.97 Å². The number of hydrogen-bond donors (Lipinski definition) is 2. The summed E-state index contributed by atoms with van der Waals surface area (Å²) in [6, 6.07) is 43.6. The van der Waals surface area contributed by atoms with Crippen LogP contribution < -0.4 is 0 Å². The molecular weight excluding hydrogens is 798 g/mol. The van der Waals surface area contributed by atoms with Crippen molar-refractivity contribution in [2.24, 2.45) is 0 Å². The normalized spacial score (nSPS) is 12.0. The number of hydrogen-bond acceptors (Lipinski definition) is 2. The first-order valence-electron chi connectivity index (χ1n) is 18.2. The second kappa shape index (κ2) is 16.1. The van der Waals surface area contributed by atoms with Crippen molar-refractivity contribution < 1.29 is 10.9 Å². The van der Waals surface area contributed by atoms with Crippen molar-refractivity contribution in [3.63, 3.8) is 0 Å². The third-order valence-electron chi connectivity index (χ3n) is 10.1. The van der Waals surface area contributed by atoms with Crippen LogP contribution in [0, 0.1) is 27.7 Å². The maximum atomic E-state index is 5.41. The summed E-state index contributed by atoms with van der Waals surface area (Å²) in [7, 11) is 13.4. The molecule has 2 aliphatic rings. The van der Waals surface area contributed by atoms with Crippen LogP contribution in [0.5, 0.6) is 0 Å². The first kappa shape index (κ1) is 37.8. The Morgan fingerprint density at radius 1 is 0.339 bits per heavy atom. The first-order valence-corrected chi connectivity index (χ1v) is 22.5. The van der Waals surface area contributed by atoms with Gasteiger partial charge in [-0.1, -0.05) is 119 Å². The van der Waals surface area contributed by atoms with Crippen LogP contribution in [0.15, 0.2) is 121 Å². The Labute approximate surface area is 344 Å². The molecule has 0 spiro atoms. The van der Waals surface area contributed by atoms with Gasteiger partial charge in [-0.15, -0.1) is 0 Å². The van der Waals surface area contributed by atoms with Crippen LogP contribution >= 0.6 is 30.4 Å². The summed E-state index contributed by atoms with van der Waals surface area (Å²) < 4.78 is 0. The van der Waals surface area contributed by atoms with Gasteiger partial charge in [0.25, 0.3) is 0 Å². The van der Waals surface area contributed by atoms with Crippen molar-refractivity contribution in [3.8, 4) is 44.5 Å². The number of aromatic nitrogens is 4. The van der Waals surface area contributed by atoms with Gasteiger partial charge in [-0.3, -0.25) is 0 Å². The molecule has 0 saturated heterocycles. The molecule has 8 heteroatoms. The molecule has 5 heterocycles. The van der Waals surface area contributed by atoms with E-state index in [1.165, 1.54) is 22.3 Å². The summed E-state index contributed by atoms with van der Waals surface area (Å²) in [6.45, 7) is 8.49. The number of aryl methyl sites for hydroxylation is 4. The number of nitrogens with one attached hydrogen (secondary N) is 2. The number of halogens is 3. The summed E-state index contributed by atoms with van der Waals surface area (Å²) >= 11 is 0. The van der Waals surface area contributed by atoms with E-state index < -0.39 is 10.9 Å². The van der Waals surface area contributed by atoms with Crippen LogP contribution in [-0.4, -0.2) is 19.9 Å². The number of aromatic amines is 2. The molecule has 9 rings (SSSR count). The molecule has 0 aliphatic carbocycles. The zero-order chi connectivity index (χ0) is 38.9. The van der Waals surface area contributed by atoms with Crippen LogP contribution in [0.2, 0.25) is 0 Å². The topological polar surface area (TPSA) is 57.4 Å². The van der Waals surface area contributed by atoms with Crippen molar-refractivity contribution in [3.05, 3.63) is 166 Å². The summed E-state index contributed by atoms with van der Waals surface area (Å²) in [5.74, 6) is 0. The summed E-state index contributed by atoms with van der Waals surface area (Å²) in [5.41, 5.74) is 21.1. The van der Waals surface area contributed by atoms with Crippen LogP contribution in [0.1, 0.15) is 45.0 Å². The average molecular weight is 836 g/mol. The van der Waals surface area contributed by atoms with Gasteiger partial charge in [-0.2, -0.15) is 0 Å². The Hall–Kier alpha value is -5.14. The van der Waals surface area contributed by atoms with E-state index in [1.54, 1.807) is 0 Å². The maximum absolute atomic E-state index is 5.41. The second-order valence-electron chi connectivity index (χ2n) is 14.1. The number of nitrogens with zero attached hydrogens (tertiary/aromatic N) is 2. The van der Waals surface area contributed by atoms with Gasteiger partial charge in [0, 0.05) is 44.3 Å². The summed E-state index contributed by atoms with van der Waals surface area (Å²) in [4.78, 5) is 18.5. The van der Waals surface area contributed by atoms with Crippen molar-refractivity contribution in [1.82, 2.24) is 19.9 Å². The molecule has 56 heavy (non-hydrogen) atoms. The number of benzene rings is 4. The predicted octanol–water partition coefficient (Wildman–Crippen LogP) is 14.6. The van der Waals surface area contributed by atoms with E-state index in [0.29, 0.717) is 0 Å². The SMILES string of the molecule is Cc1ccc(-c2c3nc(c(-c4ccc(C)cc4)c4ccc([nH]4)c(-c4ccc(C)cc4)c4nc(c(-c5ccc(C)cc5)c5ccc2[nH]5)C=C4)C=C3)cc1.[Cl][Co]([Cl])[Cl]. The van der Waals surface area contributed by atoms with E-state index in [-0.39, 0.29) is 0 Å². The second-order valence-corrected chi connectivity index (χ2v) is 19.3. The molecular formula is C48H38Cl3CoN4. The fraction of sp³-hybridized carbons (Fsp3) is 0.0833. The van der Waals surface area contributed by atoms with E-state index in [9.17, 15) is 0 Å². The molecule has 0 radical (unpaired) electrons. The molecule has 0 saturated carbocycles. The predicted molar refractivity (Wildman–Crippen MR) is 237 cm³/mol. The standard InChI is InChI=1S/C48H38N4.3ClH.Co/c1-29-5-13-33(14-6-29)45-37-21-23-39(49-37)46(34-15-7-30(2)8-16-34)41-25-27-43(51-41)48(36-19-11-32(4)12-20-36)44-28-26-42(52-44)47(40-24-22-38(45)50-40)35-17-9-31(3)10-18-35;;;;/h5-28,49,52H,1-4H3;3*1H;/q;;;;+3/p-3. The van der Waals surface area contributed by atoms with Crippen LogP contribution in [0.3, 0.4) is 0 Å². The molecule has 2 aliphatic heterocycles. The van der Waals surface area contributed by atoms with E-state index in [4.69, 9.17) is 40.4 Å². The fourth-order valence-electron chi connectivity index (χ4n) is 7.30. The zero-order valence-electron chi connectivity index (χ0n) is 31.2. The Kier molecular flexibility index (Phi) is 10.9. The first-order chi connectivity index (χ1) is 27.1. The van der Waals surface area contributed by atoms with Crippen LogP contribution in [0.4, 0.5) is 0 Å². The van der Waals surface area contributed by atoms with E-state index in [2.05, 4.69) is 183 Å². The van der Waals surface area contributed by atoms with Crippen molar-refractivity contribution >= 4 is 76.8 Å². The van der Waals surface area contributed by atoms with E-state index >= 15 is 0 Å². The van der Waals surface area contributed by atoms with Crippen molar-refractivity contribution in [2.45, 2.75) is 27.7 Å². The van der Waals surface area contributed by atoms with Gasteiger partial charge >= 0.3 is 41.4 Å². The molecule has 7 aromatic rings. The van der Waals surface area contributed by atoms with Gasteiger partial charge in [0.05, 0.1) is 22.8 Å². The minimum absolute atomic E-state index is 0.910. The van der Waals surface area contributed by atoms with E-state index in [1.807, 2.05) is 0 Å². The third-order valence-corrected chi connectivity index (χ3v) is 10.1. The van der Waals surface area contributed by atoms with Crippen molar-refractivity contribution in [2.75, 3.05) is 0 Å². The number of fused-ring (bicyclic) bond motifs is 8. The van der Waals surface area contributed by atoms with Gasteiger partial charge in [0.1, 0.15) is 0 Å². The Morgan fingerprint density at radius 2 is 0.536 bits per heavy atom. The molecule has 4 nitrogen and oxygen atoms in total. The molecule has 280 valence electrons. The molecule has 0 amide bonds. The Bertz CT molecular complexity index is 2420. The summed E-state index contributed by atoms with van der Waals surface area (Å²) in [5, 5.41) is 0. The van der Waals surface area contributed by atoms with Crippen LogP contribution in [-0.2, 0) is 10.9 Å². The molecule has 2 N–H and O–H groups in total. The molecule has 0 unspecified atom stereocenters. The quantitative estimate of drug-likeness (QED) is 0.186. The average Bonchev–Trinajstić information content (AvgIpc) is 4.02. The molecule has 3 aromatic heterocycles. The van der Waals surface area contributed by atoms with Gasteiger partial charge < -0.3 is 9.97 Å². The monoisotopic (exact) mass is 834 g/mol. The Morgan fingerprint density at radius 3 is 0.732 bits per heavy atom. The third kappa shape index (κ3) is 7.92. The molecule has 4 aromatic carbocycles. The van der Waals surface area contributed by atoms with E-state index in [0.717, 1.165) is 89.4 Å². The molecule has 0 atom stereocenters. The van der Waals surface area contributed by atoms with Crippen molar-refractivity contribution in [1.29, 1.82) is 0 Å². The van der Waals surface area contributed by atoms with Gasteiger partial charge in [0.15, 0.2) is 0 Å².